The van der Waals surface area contributed by atoms with Gasteiger partial charge in [0, 0.05) is 25.7 Å². The quantitative estimate of drug-likeness (QED) is 0.774. The van der Waals surface area contributed by atoms with Crippen LogP contribution in [0, 0.1) is 5.92 Å². The third-order valence-electron chi connectivity index (χ3n) is 3.24. The first kappa shape index (κ1) is 16.7. The summed E-state index contributed by atoms with van der Waals surface area (Å²) in [6, 6.07) is 0.539. The van der Waals surface area contributed by atoms with Crippen LogP contribution in [0.1, 0.15) is 27.2 Å². The fourth-order valence-corrected chi connectivity index (χ4v) is 1.99. The van der Waals surface area contributed by atoms with Crippen molar-refractivity contribution < 1.29 is 4.79 Å². The first-order valence-electron chi connectivity index (χ1n) is 6.23. The lowest BCUT2D eigenvalue weighted by molar-refractivity contribution is -0.125. The Balaban J connectivity index is 0.00000256. The smallest absolute Gasteiger partial charge is 0.237 e. The number of likely N-dealkylation sites (N-methyl/N-ethyl adjacent to an activating group) is 1. The van der Waals surface area contributed by atoms with Gasteiger partial charge in [0.15, 0.2) is 0 Å². The van der Waals surface area contributed by atoms with E-state index in [1.165, 1.54) is 0 Å². The van der Waals surface area contributed by atoms with E-state index >= 15 is 0 Å². The number of rotatable bonds is 5. The van der Waals surface area contributed by atoms with Gasteiger partial charge < -0.3 is 10.6 Å². The van der Waals surface area contributed by atoms with Crippen LogP contribution in [0.2, 0.25) is 0 Å². The third-order valence-corrected chi connectivity index (χ3v) is 3.24. The average Bonchev–Trinajstić information content (AvgIpc) is 2.73. The highest BCUT2D eigenvalue weighted by Crippen LogP contribution is 2.12. The normalized spacial score (nSPS) is 22.3. The molecular weight excluding hydrogens is 238 g/mol. The lowest BCUT2D eigenvalue weighted by Gasteiger charge is -2.23. The van der Waals surface area contributed by atoms with E-state index in [9.17, 15) is 4.79 Å². The summed E-state index contributed by atoms with van der Waals surface area (Å²) < 4.78 is 0. The van der Waals surface area contributed by atoms with Crippen LogP contribution >= 0.6 is 12.4 Å². The maximum atomic E-state index is 11.9. The first-order chi connectivity index (χ1) is 7.54. The molecule has 2 N–H and O–H groups in total. The zero-order valence-corrected chi connectivity index (χ0v) is 12.1. The number of hydrogen-bond donors (Lipinski definition) is 2. The third kappa shape index (κ3) is 5.23. The van der Waals surface area contributed by atoms with E-state index in [1.807, 2.05) is 14.0 Å². The van der Waals surface area contributed by atoms with Crippen LogP contribution in [-0.2, 0) is 4.79 Å². The number of amides is 1. The van der Waals surface area contributed by atoms with Gasteiger partial charge in [-0.05, 0) is 26.3 Å². The van der Waals surface area contributed by atoms with Gasteiger partial charge in [0.05, 0.1) is 6.04 Å². The van der Waals surface area contributed by atoms with Crippen molar-refractivity contribution in [3.05, 3.63) is 0 Å². The molecule has 1 rings (SSSR count). The molecule has 4 nitrogen and oxygen atoms in total. The molecule has 0 aromatic carbocycles. The number of hydrogen-bond acceptors (Lipinski definition) is 3. The van der Waals surface area contributed by atoms with Crippen LogP contribution in [0.4, 0.5) is 0 Å². The van der Waals surface area contributed by atoms with E-state index in [0.717, 1.165) is 26.1 Å². The molecule has 0 saturated carbocycles. The Bertz CT molecular complexity index is 236. The Labute approximate surface area is 111 Å². The molecule has 1 aliphatic rings. The second kappa shape index (κ2) is 7.90. The first-order valence-corrected chi connectivity index (χ1v) is 6.23. The van der Waals surface area contributed by atoms with Gasteiger partial charge in [0.2, 0.25) is 5.91 Å². The number of halogens is 1. The number of nitrogens with one attached hydrogen (secondary N) is 2. The summed E-state index contributed by atoms with van der Waals surface area (Å²) in [6.07, 6.45) is 1.14. The van der Waals surface area contributed by atoms with Crippen molar-refractivity contribution in [2.24, 2.45) is 5.92 Å². The van der Waals surface area contributed by atoms with Crippen molar-refractivity contribution in [3.8, 4) is 0 Å². The Kier molecular flexibility index (Phi) is 7.75. The van der Waals surface area contributed by atoms with Crippen LogP contribution in [0.15, 0.2) is 0 Å². The highest BCUT2D eigenvalue weighted by Gasteiger charge is 2.28. The zero-order valence-electron chi connectivity index (χ0n) is 11.3. The number of likely N-dealkylation sites (tertiary alicyclic amines) is 1. The van der Waals surface area contributed by atoms with E-state index in [1.54, 1.807) is 0 Å². The van der Waals surface area contributed by atoms with Crippen molar-refractivity contribution in [1.29, 1.82) is 0 Å². The molecule has 102 valence electrons. The van der Waals surface area contributed by atoms with Crippen LogP contribution in [0.25, 0.3) is 0 Å². The fraction of sp³-hybridized carbons (Fsp3) is 0.917. The second-order valence-corrected chi connectivity index (χ2v) is 5.08. The summed E-state index contributed by atoms with van der Waals surface area (Å²) in [4.78, 5) is 14.1. The van der Waals surface area contributed by atoms with Crippen molar-refractivity contribution in [1.82, 2.24) is 15.5 Å². The molecule has 1 aliphatic heterocycles. The van der Waals surface area contributed by atoms with Crippen LogP contribution < -0.4 is 10.6 Å². The van der Waals surface area contributed by atoms with E-state index in [2.05, 4.69) is 29.4 Å². The molecule has 17 heavy (non-hydrogen) atoms. The minimum absolute atomic E-state index is 0. The minimum Gasteiger partial charge on any atom is -0.354 e. The van der Waals surface area contributed by atoms with E-state index in [0.29, 0.717) is 12.0 Å². The van der Waals surface area contributed by atoms with Gasteiger partial charge in [-0.3, -0.25) is 9.69 Å². The monoisotopic (exact) mass is 263 g/mol. The highest BCUT2D eigenvalue weighted by atomic mass is 35.5. The van der Waals surface area contributed by atoms with E-state index in [4.69, 9.17) is 0 Å². The molecule has 2 atom stereocenters. The van der Waals surface area contributed by atoms with Crippen molar-refractivity contribution in [2.45, 2.75) is 39.3 Å². The molecule has 1 heterocycles. The summed E-state index contributed by atoms with van der Waals surface area (Å²) in [5, 5.41) is 6.26. The molecule has 0 aromatic heterocycles. The van der Waals surface area contributed by atoms with Gasteiger partial charge in [0.1, 0.15) is 0 Å². The SMILES string of the molecule is CNC1CCN(C(C)C(=O)NCC(C)C)C1.Cl. The maximum absolute atomic E-state index is 11.9. The van der Waals surface area contributed by atoms with Gasteiger partial charge in [-0.15, -0.1) is 12.4 Å². The second-order valence-electron chi connectivity index (χ2n) is 5.08. The van der Waals surface area contributed by atoms with Crippen LogP contribution in [0.3, 0.4) is 0 Å². The molecule has 0 bridgehead atoms. The summed E-state index contributed by atoms with van der Waals surface area (Å²) in [5.41, 5.74) is 0. The van der Waals surface area contributed by atoms with Crippen molar-refractivity contribution >= 4 is 18.3 Å². The predicted molar refractivity (Wildman–Crippen MR) is 73.6 cm³/mol. The van der Waals surface area contributed by atoms with Crippen molar-refractivity contribution in [3.63, 3.8) is 0 Å². The molecule has 1 saturated heterocycles. The Morgan fingerprint density at radius 2 is 2.06 bits per heavy atom. The fourth-order valence-electron chi connectivity index (χ4n) is 1.99. The van der Waals surface area contributed by atoms with E-state index < -0.39 is 0 Å². The maximum Gasteiger partial charge on any atom is 0.237 e. The lowest BCUT2D eigenvalue weighted by atomic mass is 10.2. The summed E-state index contributed by atoms with van der Waals surface area (Å²) in [7, 11) is 1.98. The molecule has 1 fully saturated rings. The summed E-state index contributed by atoms with van der Waals surface area (Å²) in [5.74, 6) is 0.672. The summed E-state index contributed by atoms with van der Waals surface area (Å²) >= 11 is 0. The van der Waals surface area contributed by atoms with Crippen LogP contribution in [-0.4, -0.2) is 49.6 Å². The Hall–Kier alpha value is -0.320. The molecule has 0 radical (unpaired) electrons. The highest BCUT2D eigenvalue weighted by molar-refractivity contribution is 5.85. The van der Waals surface area contributed by atoms with Gasteiger partial charge in [0.25, 0.3) is 0 Å². The molecule has 2 unspecified atom stereocenters. The Morgan fingerprint density at radius 1 is 1.41 bits per heavy atom. The largest absolute Gasteiger partial charge is 0.354 e. The topological polar surface area (TPSA) is 44.4 Å². The van der Waals surface area contributed by atoms with Gasteiger partial charge in [-0.2, -0.15) is 0 Å². The minimum atomic E-state index is -0.00269. The number of carbonyl (C=O) groups is 1. The molecule has 0 spiro atoms. The zero-order chi connectivity index (χ0) is 12.1. The van der Waals surface area contributed by atoms with Gasteiger partial charge >= 0.3 is 0 Å². The van der Waals surface area contributed by atoms with Gasteiger partial charge in [-0.1, -0.05) is 13.8 Å². The van der Waals surface area contributed by atoms with Crippen molar-refractivity contribution in [2.75, 3.05) is 26.7 Å². The number of carbonyl (C=O) groups excluding carboxylic acids is 1. The lowest BCUT2D eigenvalue weighted by Crippen LogP contribution is -2.45. The number of nitrogens with zero attached hydrogens (tertiary/aromatic N) is 1. The molecule has 0 aliphatic carbocycles. The molecular formula is C12H26ClN3O. The van der Waals surface area contributed by atoms with Gasteiger partial charge in [-0.25, -0.2) is 0 Å². The Morgan fingerprint density at radius 3 is 2.53 bits per heavy atom. The predicted octanol–water partition coefficient (Wildman–Crippen LogP) is 0.863. The standard InChI is InChI=1S/C12H25N3O.ClH/c1-9(2)7-14-12(16)10(3)15-6-5-11(8-15)13-4;/h9-11,13H,5-8H2,1-4H3,(H,14,16);1H. The molecule has 1 amide bonds. The molecule has 5 heteroatoms. The van der Waals surface area contributed by atoms with E-state index in [-0.39, 0.29) is 24.4 Å². The average molecular weight is 264 g/mol. The van der Waals surface area contributed by atoms with Crippen LogP contribution in [0.5, 0.6) is 0 Å². The summed E-state index contributed by atoms with van der Waals surface area (Å²) in [6.45, 7) is 8.98. The molecule has 0 aromatic rings.